The number of thiophene rings is 1. The van der Waals surface area contributed by atoms with Crippen molar-refractivity contribution in [1.29, 1.82) is 0 Å². The minimum absolute atomic E-state index is 0.146. The fraction of sp³-hybridized carbons (Fsp3) is 0.312. The Hall–Kier alpha value is -1.38. The van der Waals surface area contributed by atoms with Gasteiger partial charge in [0.1, 0.15) is 5.00 Å². The molecule has 0 fully saturated rings. The van der Waals surface area contributed by atoms with Gasteiger partial charge in [-0.2, -0.15) is 0 Å². The number of halogens is 1. The van der Waals surface area contributed by atoms with Crippen molar-refractivity contribution in [1.82, 2.24) is 0 Å². The molecule has 1 N–H and O–H groups in total. The zero-order valence-corrected chi connectivity index (χ0v) is 16.2. The van der Waals surface area contributed by atoms with Crippen molar-refractivity contribution in [2.45, 2.75) is 30.6 Å². The van der Waals surface area contributed by atoms with Crippen LogP contribution in [0.4, 0.5) is 5.00 Å². The van der Waals surface area contributed by atoms with E-state index >= 15 is 0 Å². The molecule has 1 aliphatic carbocycles. The van der Waals surface area contributed by atoms with Crippen LogP contribution in [0.25, 0.3) is 0 Å². The average Bonchev–Trinajstić information content (AvgIpc) is 2.91. The number of hydrogen-bond acceptors (Lipinski definition) is 5. The Balaban J connectivity index is 2.01. The number of fused-ring (bicyclic) bond motifs is 1. The number of benzene rings is 1. The van der Waals surface area contributed by atoms with Gasteiger partial charge in [-0.15, -0.1) is 11.3 Å². The zero-order chi connectivity index (χ0) is 17.3. The molecular formula is C16H16BrNO4S2. The molecular weight excluding hydrogens is 414 g/mol. The Morgan fingerprint density at radius 1 is 1.21 bits per heavy atom. The van der Waals surface area contributed by atoms with E-state index in [9.17, 15) is 13.2 Å². The van der Waals surface area contributed by atoms with Gasteiger partial charge in [0.2, 0.25) is 0 Å². The Morgan fingerprint density at radius 2 is 1.88 bits per heavy atom. The summed E-state index contributed by atoms with van der Waals surface area (Å²) in [6.07, 6.45) is 3.68. The van der Waals surface area contributed by atoms with Crippen molar-refractivity contribution in [3.05, 3.63) is 44.7 Å². The molecule has 0 unspecified atom stereocenters. The summed E-state index contributed by atoms with van der Waals surface area (Å²) >= 11 is 4.61. The van der Waals surface area contributed by atoms with Gasteiger partial charge < -0.3 is 4.74 Å². The zero-order valence-electron chi connectivity index (χ0n) is 13.0. The van der Waals surface area contributed by atoms with Crippen LogP contribution in [0, 0.1) is 0 Å². The highest BCUT2D eigenvalue weighted by molar-refractivity contribution is 9.10. The molecule has 0 saturated heterocycles. The summed E-state index contributed by atoms with van der Waals surface area (Å²) in [6.45, 7) is 0. The number of esters is 1. The van der Waals surface area contributed by atoms with Gasteiger partial charge in [0.15, 0.2) is 0 Å². The van der Waals surface area contributed by atoms with E-state index in [0.29, 0.717) is 10.6 Å². The maximum Gasteiger partial charge on any atom is 0.341 e. The third kappa shape index (κ3) is 3.36. The lowest BCUT2D eigenvalue weighted by molar-refractivity contribution is 0.0601. The molecule has 5 nitrogen and oxygen atoms in total. The van der Waals surface area contributed by atoms with Crippen molar-refractivity contribution < 1.29 is 17.9 Å². The predicted octanol–water partition coefficient (Wildman–Crippen LogP) is 3.98. The third-order valence-corrected chi connectivity index (χ3v) is 7.14. The van der Waals surface area contributed by atoms with Crippen LogP contribution < -0.4 is 4.72 Å². The first kappa shape index (κ1) is 17.4. The Bertz CT molecular complexity index is 872. The molecule has 0 atom stereocenters. The Kier molecular flexibility index (Phi) is 4.98. The quantitative estimate of drug-likeness (QED) is 0.745. The summed E-state index contributed by atoms with van der Waals surface area (Å²) in [4.78, 5) is 13.4. The van der Waals surface area contributed by atoms with Crippen LogP contribution in [-0.2, 0) is 27.6 Å². The monoisotopic (exact) mass is 429 g/mol. The standard InChI is InChI=1S/C16H16BrNO4S2/c1-22-16(19)14-12-4-2-3-5-13(12)23-15(14)18-24(20,21)11-8-6-10(17)7-9-11/h6-9,18H,2-5H2,1H3. The average molecular weight is 430 g/mol. The number of sulfonamides is 1. The van der Waals surface area contributed by atoms with Crippen LogP contribution in [0.3, 0.4) is 0 Å². The Morgan fingerprint density at radius 3 is 2.54 bits per heavy atom. The van der Waals surface area contributed by atoms with Gasteiger partial charge in [-0.1, -0.05) is 15.9 Å². The summed E-state index contributed by atoms with van der Waals surface area (Å²) in [5.74, 6) is -0.497. The van der Waals surface area contributed by atoms with Crippen LogP contribution >= 0.6 is 27.3 Å². The van der Waals surface area contributed by atoms with Crippen molar-refractivity contribution in [2.24, 2.45) is 0 Å². The lowest BCUT2D eigenvalue weighted by Gasteiger charge is -2.12. The fourth-order valence-electron chi connectivity index (χ4n) is 2.75. The van der Waals surface area contributed by atoms with Crippen LogP contribution in [-0.4, -0.2) is 21.5 Å². The van der Waals surface area contributed by atoms with Crippen LogP contribution in [0.15, 0.2) is 33.6 Å². The highest BCUT2D eigenvalue weighted by Crippen LogP contribution is 2.39. The maximum atomic E-state index is 12.6. The smallest absolute Gasteiger partial charge is 0.341 e. The van der Waals surface area contributed by atoms with Crippen LogP contribution in [0.5, 0.6) is 0 Å². The van der Waals surface area contributed by atoms with Gasteiger partial charge in [-0.25, -0.2) is 13.2 Å². The largest absolute Gasteiger partial charge is 0.465 e. The second-order valence-corrected chi connectivity index (χ2v) is 9.17. The Labute approximate surface area is 153 Å². The van der Waals surface area contributed by atoms with E-state index in [1.54, 1.807) is 12.1 Å². The van der Waals surface area contributed by atoms with E-state index in [1.807, 2.05) is 0 Å². The minimum Gasteiger partial charge on any atom is -0.465 e. The normalized spacial score (nSPS) is 14.1. The van der Waals surface area contributed by atoms with Gasteiger partial charge in [0, 0.05) is 9.35 Å². The van der Waals surface area contributed by atoms with Crippen LogP contribution in [0.2, 0.25) is 0 Å². The second-order valence-electron chi connectivity index (χ2n) is 5.47. The van der Waals surface area contributed by atoms with Gasteiger partial charge in [-0.3, -0.25) is 4.72 Å². The number of methoxy groups -OCH3 is 1. The second kappa shape index (κ2) is 6.85. The molecule has 1 aromatic heterocycles. The first-order valence-corrected chi connectivity index (χ1v) is 10.5. The molecule has 0 radical (unpaired) electrons. The van der Waals surface area contributed by atoms with E-state index in [0.717, 1.165) is 40.6 Å². The molecule has 128 valence electrons. The van der Waals surface area contributed by atoms with E-state index < -0.39 is 16.0 Å². The third-order valence-electron chi connectivity index (χ3n) is 3.91. The highest BCUT2D eigenvalue weighted by Gasteiger charge is 2.28. The van der Waals surface area contributed by atoms with Gasteiger partial charge in [-0.05, 0) is 55.5 Å². The molecule has 24 heavy (non-hydrogen) atoms. The molecule has 1 aromatic carbocycles. The van der Waals surface area contributed by atoms with Gasteiger partial charge in [0.25, 0.3) is 10.0 Å². The first-order valence-electron chi connectivity index (χ1n) is 7.43. The minimum atomic E-state index is -3.76. The van der Waals surface area contributed by atoms with Crippen molar-refractivity contribution in [2.75, 3.05) is 11.8 Å². The maximum absolute atomic E-state index is 12.6. The number of carbonyl (C=O) groups excluding carboxylic acids is 1. The van der Waals surface area contributed by atoms with E-state index in [4.69, 9.17) is 4.74 Å². The first-order chi connectivity index (χ1) is 11.4. The number of nitrogens with one attached hydrogen (secondary N) is 1. The van der Waals surface area contributed by atoms with E-state index in [-0.39, 0.29) is 4.90 Å². The predicted molar refractivity (Wildman–Crippen MR) is 97.3 cm³/mol. The number of carbonyl (C=O) groups is 1. The number of ether oxygens (including phenoxy) is 1. The summed E-state index contributed by atoms with van der Waals surface area (Å²) < 4.78 is 33.5. The molecule has 0 amide bonds. The van der Waals surface area contributed by atoms with Crippen LogP contribution in [0.1, 0.15) is 33.6 Å². The lowest BCUT2D eigenvalue weighted by atomic mass is 9.95. The summed E-state index contributed by atoms with van der Waals surface area (Å²) in [5.41, 5.74) is 1.28. The molecule has 1 heterocycles. The number of hydrogen-bond donors (Lipinski definition) is 1. The summed E-state index contributed by atoms with van der Waals surface area (Å²) in [6, 6.07) is 6.35. The van der Waals surface area contributed by atoms with Crippen molar-refractivity contribution >= 4 is 48.3 Å². The molecule has 0 aliphatic heterocycles. The van der Waals surface area contributed by atoms with Crippen molar-refractivity contribution in [3.63, 3.8) is 0 Å². The molecule has 1 aliphatic rings. The summed E-state index contributed by atoms with van der Waals surface area (Å²) in [7, 11) is -2.45. The topological polar surface area (TPSA) is 72.5 Å². The molecule has 0 bridgehead atoms. The fourth-order valence-corrected chi connectivity index (χ4v) is 5.60. The number of aryl methyl sites for hydroxylation is 1. The molecule has 8 heteroatoms. The number of rotatable bonds is 4. The van der Waals surface area contributed by atoms with E-state index in [1.165, 1.54) is 30.6 Å². The van der Waals surface area contributed by atoms with Gasteiger partial charge in [0.05, 0.1) is 17.6 Å². The van der Waals surface area contributed by atoms with E-state index in [2.05, 4.69) is 20.7 Å². The molecule has 3 rings (SSSR count). The molecule has 0 spiro atoms. The molecule has 2 aromatic rings. The number of anilines is 1. The van der Waals surface area contributed by atoms with Gasteiger partial charge >= 0.3 is 5.97 Å². The lowest BCUT2D eigenvalue weighted by Crippen LogP contribution is -2.15. The summed E-state index contributed by atoms with van der Waals surface area (Å²) in [5, 5.41) is 0.344. The highest BCUT2D eigenvalue weighted by atomic mass is 79.9. The molecule has 0 saturated carbocycles. The van der Waals surface area contributed by atoms with Crippen molar-refractivity contribution in [3.8, 4) is 0 Å². The SMILES string of the molecule is COC(=O)c1c(NS(=O)(=O)c2ccc(Br)cc2)sc2c1CCCC2.